The van der Waals surface area contributed by atoms with Gasteiger partial charge in [-0.05, 0) is 37.5 Å². The Hall–Kier alpha value is -1.90. The van der Waals surface area contributed by atoms with Crippen molar-refractivity contribution in [2.45, 2.75) is 58.3 Å². The lowest BCUT2D eigenvalue weighted by Gasteiger charge is -2.06. The molecule has 0 aliphatic carbocycles. The fraction of sp³-hybridized carbons (Fsp3) is 0.524. The van der Waals surface area contributed by atoms with E-state index in [4.69, 9.17) is 13.9 Å². The van der Waals surface area contributed by atoms with Crippen LogP contribution in [0.5, 0.6) is 11.7 Å². The van der Waals surface area contributed by atoms with Crippen molar-refractivity contribution in [3.63, 3.8) is 0 Å². The maximum absolute atomic E-state index is 5.69. The first-order valence-corrected chi connectivity index (χ1v) is 9.20. The maximum Gasteiger partial charge on any atom is 0.284 e. The van der Waals surface area contributed by atoms with E-state index in [2.05, 4.69) is 0 Å². The van der Waals surface area contributed by atoms with Crippen LogP contribution in [0.4, 0.5) is 0 Å². The summed E-state index contributed by atoms with van der Waals surface area (Å²) in [4.78, 5) is 0. The van der Waals surface area contributed by atoms with E-state index in [0.29, 0.717) is 5.95 Å². The normalized spacial score (nSPS) is 10.7. The second-order valence-corrected chi connectivity index (χ2v) is 6.28. The van der Waals surface area contributed by atoms with Gasteiger partial charge in [-0.3, -0.25) is 0 Å². The van der Waals surface area contributed by atoms with E-state index in [-0.39, 0.29) is 0 Å². The molecular weight excluding hydrogens is 300 g/mol. The molecule has 1 aromatic heterocycles. The summed E-state index contributed by atoms with van der Waals surface area (Å²) in [6.45, 7) is 3.58. The number of ether oxygens (including phenoxy) is 2. The Labute approximate surface area is 146 Å². The maximum atomic E-state index is 5.69. The molecule has 3 nitrogen and oxygen atoms in total. The third-order valence-corrected chi connectivity index (χ3v) is 4.00. The molecular formula is C21H30O3. The molecule has 0 saturated heterocycles. The molecule has 2 rings (SSSR count). The number of hydrogen-bond acceptors (Lipinski definition) is 3. The number of unbranched alkanes of at least 4 members (excludes halogenated alkanes) is 7. The number of para-hydroxylation sites is 1. The van der Waals surface area contributed by atoms with E-state index >= 15 is 0 Å². The van der Waals surface area contributed by atoms with E-state index in [0.717, 1.165) is 37.4 Å². The molecule has 0 N–H and O–H groups in total. The minimum atomic E-state index is 0.644. The first-order valence-electron chi connectivity index (χ1n) is 9.20. The van der Waals surface area contributed by atoms with E-state index < -0.39 is 0 Å². The van der Waals surface area contributed by atoms with Crippen molar-refractivity contribution < 1.29 is 13.9 Å². The molecule has 0 atom stereocenters. The van der Waals surface area contributed by atoms with Gasteiger partial charge in [0.2, 0.25) is 0 Å². The summed E-state index contributed by atoms with van der Waals surface area (Å²) in [7, 11) is 0. The van der Waals surface area contributed by atoms with Gasteiger partial charge in [0.15, 0.2) is 0 Å². The van der Waals surface area contributed by atoms with Gasteiger partial charge in [-0.25, -0.2) is 0 Å². The highest BCUT2D eigenvalue weighted by atomic mass is 16.6. The molecule has 24 heavy (non-hydrogen) atoms. The van der Waals surface area contributed by atoms with Gasteiger partial charge in [0, 0.05) is 6.07 Å². The summed E-state index contributed by atoms with van der Waals surface area (Å²) < 4.78 is 16.5. The van der Waals surface area contributed by atoms with Crippen molar-refractivity contribution in [2.75, 3.05) is 13.2 Å². The minimum Gasteiger partial charge on any atom is -0.494 e. The predicted molar refractivity (Wildman–Crippen MR) is 97.8 cm³/mol. The van der Waals surface area contributed by atoms with Crippen molar-refractivity contribution in [3.8, 4) is 11.7 Å². The highest BCUT2D eigenvalue weighted by Crippen LogP contribution is 2.16. The smallest absolute Gasteiger partial charge is 0.284 e. The number of hydrogen-bond donors (Lipinski definition) is 0. The Morgan fingerprint density at radius 2 is 1.33 bits per heavy atom. The number of aryl methyl sites for hydroxylation is 1. The Balaban J connectivity index is 1.32. The molecule has 0 aliphatic rings. The minimum absolute atomic E-state index is 0.644. The van der Waals surface area contributed by atoms with E-state index in [1.54, 1.807) is 6.26 Å². The number of rotatable bonds is 13. The molecule has 0 bridgehead atoms. The highest BCUT2D eigenvalue weighted by Gasteiger charge is 1.99. The standard InChI is InChI=1S/C21H30O3/c1-19-17-21(24-18-19)23-16-12-7-5-3-2-4-6-11-15-22-20-13-9-8-10-14-20/h8-10,13-14,17-18H,2-7,11-12,15-16H2,1H3. The summed E-state index contributed by atoms with van der Waals surface area (Å²) in [5.41, 5.74) is 1.11. The van der Waals surface area contributed by atoms with Crippen LogP contribution in [-0.4, -0.2) is 13.2 Å². The first kappa shape index (κ1) is 18.4. The van der Waals surface area contributed by atoms with E-state index in [1.165, 1.54) is 38.5 Å². The van der Waals surface area contributed by atoms with Gasteiger partial charge in [0.25, 0.3) is 5.95 Å². The largest absolute Gasteiger partial charge is 0.494 e. The lowest BCUT2D eigenvalue weighted by atomic mass is 10.1. The number of furan rings is 1. The molecule has 0 radical (unpaired) electrons. The zero-order valence-corrected chi connectivity index (χ0v) is 14.8. The predicted octanol–water partition coefficient (Wildman–Crippen LogP) is 6.17. The fourth-order valence-corrected chi connectivity index (χ4v) is 2.62. The molecule has 0 saturated carbocycles. The van der Waals surface area contributed by atoms with Crippen LogP contribution in [0.3, 0.4) is 0 Å². The zero-order chi connectivity index (χ0) is 16.9. The number of benzene rings is 1. The fourth-order valence-electron chi connectivity index (χ4n) is 2.62. The second kappa shape index (κ2) is 11.6. The molecule has 0 unspecified atom stereocenters. The average molecular weight is 330 g/mol. The van der Waals surface area contributed by atoms with Crippen LogP contribution in [-0.2, 0) is 0 Å². The molecule has 0 amide bonds. The van der Waals surface area contributed by atoms with Gasteiger partial charge in [-0.2, -0.15) is 0 Å². The third-order valence-electron chi connectivity index (χ3n) is 4.00. The Morgan fingerprint density at radius 1 is 0.750 bits per heavy atom. The lowest BCUT2D eigenvalue weighted by Crippen LogP contribution is -1.97. The summed E-state index contributed by atoms with van der Waals surface area (Å²) in [6.07, 6.45) is 11.7. The van der Waals surface area contributed by atoms with Crippen molar-refractivity contribution in [2.24, 2.45) is 0 Å². The van der Waals surface area contributed by atoms with Crippen molar-refractivity contribution >= 4 is 0 Å². The molecule has 0 aliphatic heterocycles. The van der Waals surface area contributed by atoms with Crippen LogP contribution in [0.1, 0.15) is 56.9 Å². The molecule has 1 heterocycles. The average Bonchev–Trinajstić information content (AvgIpc) is 3.02. The molecule has 0 spiro atoms. The van der Waals surface area contributed by atoms with Gasteiger partial charge in [0.05, 0.1) is 19.5 Å². The van der Waals surface area contributed by atoms with E-state index in [1.807, 2.05) is 43.3 Å². The lowest BCUT2D eigenvalue weighted by molar-refractivity contribution is 0.236. The van der Waals surface area contributed by atoms with Gasteiger partial charge in [-0.1, -0.05) is 56.7 Å². The molecule has 2 aromatic rings. The topological polar surface area (TPSA) is 31.6 Å². The summed E-state index contributed by atoms with van der Waals surface area (Å²) >= 11 is 0. The van der Waals surface area contributed by atoms with Crippen LogP contribution >= 0.6 is 0 Å². The Kier molecular flexibility index (Phi) is 8.92. The van der Waals surface area contributed by atoms with Crippen molar-refractivity contribution in [3.05, 3.63) is 48.2 Å². The van der Waals surface area contributed by atoms with Gasteiger partial charge >= 0.3 is 0 Å². The SMILES string of the molecule is Cc1coc(OCCCCCCCCCCOc2ccccc2)c1. The first-order chi connectivity index (χ1) is 11.8. The summed E-state index contributed by atoms with van der Waals surface area (Å²) in [5, 5.41) is 0. The second-order valence-electron chi connectivity index (χ2n) is 6.28. The van der Waals surface area contributed by atoms with Gasteiger partial charge in [0.1, 0.15) is 5.75 Å². The molecule has 132 valence electrons. The van der Waals surface area contributed by atoms with Crippen molar-refractivity contribution in [1.29, 1.82) is 0 Å². The van der Waals surface area contributed by atoms with Crippen molar-refractivity contribution in [1.82, 2.24) is 0 Å². The summed E-state index contributed by atoms with van der Waals surface area (Å²) in [5.74, 6) is 1.62. The monoisotopic (exact) mass is 330 g/mol. The molecule has 0 fully saturated rings. The van der Waals surface area contributed by atoms with Crippen LogP contribution < -0.4 is 9.47 Å². The van der Waals surface area contributed by atoms with Crippen LogP contribution in [0.15, 0.2) is 47.1 Å². The Morgan fingerprint density at radius 3 is 1.92 bits per heavy atom. The summed E-state index contributed by atoms with van der Waals surface area (Å²) in [6, 6.07) is 12.0. The molecule has 3 heteroatoms. The van der Waals surface area contributed by atoms with Crippen LogP contribution in [0.2, 0.25) is 0 Å². The highest BCUT2D eigenvalue weighted by molar-refractivity contribution is 5.20. The van der Waals surface area contributed by atoms with E-state index in [9.17, 15) is 0 Å². The van der Waals surface area contributed by atoms with Crippen LogP contribution in [0.25, 0.3) is 0 Å². The van der Waals surface area contributed by atoms with Gasteiger partial charge in [-0.15, -0.1) is 0 Å². The quantitative estimate of drug-likeness (QED) is 0.412. The third kappa shape index (κ3) is 8.09. The Bertz CT molecular complexity index is 533. The van der Waals surface area contributed by atoms with Gasteiger partial charge < -0.3 is 13.9 Å². The zero-order valence-electron chi connectivity index (χ0n) is 14.8. The molecule has 1 aromatic carbocycles. The van der Waals surface area contributed by atoms with Crippen LogP contribution in [0, 0.1) is 6.92 Å².